The van der Waals surface area contributed by atoms with Crippen molar-refractivity contribution in [1.82, 2.24) is 0 Å². The van der Waals surface area contributed by atoms with Crippen LogP contribution in [-0.4, -0.2) is 14.2 Å². The van der Waals surface area contributed by atoms with Crippen LogP contribution in [0.1, 0.15) is 0 Å². The normalized spacial score (nSPS) is 10.1. The van der Waals surface area contributed by atoms with E-state index in [-0.39, 0.29) is 5.82 Å². The van der Waals surface area contributed by atoms with Crippen LogP contribution >= 0.6 is 0 Å². The fourth-order valence-electron chi connectivity index (χ4n) is 1.64. The van der Waals surface area contributed by atoms with E-state index in [1.807, 2.05) is 0 Å². The van der Waals surface area contributed by atoms with Gasteiger partial charge in [0.25, 0.3) is 0 Å². The monoisotopic (exact) mass is 231 g/mol. The predicted molar refractivity (Wildman–Crippen MR) is 63.8 cm³/mol. The second-order valence-corrected chi connectivity index (χ2v) is 3.48. The van der Waals surface area contributed by atoms with Crippen LogP contribution in [0.5, 0.6) is 11.5 Å². The van der Waals surface area contributed by atoms with E-state index >= 15 is 0 Å². The van der Waals surface area contributed by atoms with Gasteiger partial charge in [0.2, 0.25) is 0 Å². The van der Waals surface area contributed by atoms with Gasteiger partial charge in [-0.25, -0.2) is 4.39 Å². The van der Waals surface area contributed by atoms with Gasteiger partial charge in [-0.3, -0.25) is 0 Å². The highest BCUT2D eigenvalue weighted by atomic mass is 19.1. The lowest BCUT2D eigenvalue weighted by molar-refractivity contribution is 0.352. The zero-order chi connectivity index (χ0) is 12.3. The van der Waals surface area contributed by atoms with E-state index < -0.39 is 0 Å². The van der Waals surface area contributed by atoms with Gasteiger partial charge in [0, 0.05) is 11.6 Å². The van der Waals surface area contributed by atoms with E-state index in [2.05, 4.69) is 6.07 Å². The summed E-state index contributed by atoms with van der Waals surface area (Å²) >= 11 is 0. The van der Waals surface area contributed by atoms with Crippen LogP contribution in [0.15, 0.2) is 36.4 Å². The van der Waals surface area contributed by atoms with E-state index in [4.69, 9.17) is 9.47 Å². The van der Waals surface area contributed by atoms with Crippen LogP contribution in [0, 0.1) is 11.9 Å². The summed E-state index contributed by atoms with van der Waals surface area (Å²) in [4.78, 5) is 0. The first-order valence-corrected chi connectivity index (χ1v) is 5.14. The Morgan fingerprint density at radius 3 is 2.18 bits per heavy atom. The summed E-state index contributed by atoms with van der Waals surface area (Å²) in [6.45, 7) is 0. The molecule has 0 aliphatic carbocycles. The molecule has 0 bridgehead atoms. The number of halogens is 1. The molecule has 0 fully saturated rings. The molecular weight excluding hydrogens is 219 g/mol. The summed E-state index contributed by atoms with van der Waals surface area (Å²) in [5, 5.41) is 0. The highest BCUT2D eigenvalue weighted by Crippen LogP contribution is 2.34. The lowest BCUT2D eigenvalue weighted by atomic mass is 10.0. The Hall–Kier alpha value is -2.03. The third-order valence-electron chi connectivity index (χ3n) is 2.50. The summed E-state index contributed by atoms with van der Waals surface area (Å²) in [6, 6.07) is 12.9. The van der Waals surface area contributed by atoms with Crippen LogP contribution in [0.2, 0.25) is 0 Å². The van der Waals surface area contributed by atoms with Crippen LogP contribution in [0.4, 0.5) is 4.39 Å². The minimum atomic E-state index is -0.339. The first-order chi connectivity index (χ1) is 8.26. The predicted octanol–water partition coefficient (Wildman–Crippen LogP) is 3.31. The van der Waals surface area contributed by atoms with Crippen molar-refractivity contribution in [2.24, 2.45) is 0 Å². The average Bonchev–Trinajstić information content (AvgIpc) is 2.39. The van der Waals surface area contributed by atoms with E-state index in [0.717, 1.165) is 5.56 Å². The summed E-state index contributed by atoms with van der Waals surface area (Å²) < 4.78 is 24.1. The first kappa shape index (κ1) is 11.5. The van der Waals surface area contributed by atoms with Gasteiger partial charge in [-0.1, -0.05) is 24.3 Å². The molecule has 0 aromatic heterocycles. The Balaban J connectivity index is 2.56. The molecule has 2 rings (SSSR count). The van der Waals surface area contributed by atoms with Crippen molar-refractivity contribution >= 4 is 0 Å². The van der Waals surface area contributed by atoms with Crippen molar-refractivity contribution < 1.29 is 13.9 Å². The van der Waals surface area contributed by atoms with Gasteiger partial charge in [-0.2, -0.15) is 0 Å². The Morgan fingerprint density at radius 1 is 1.00 bits per heavy atom. The Bertz CT molecular complexity index is 509. The van der Waals surface area contributed by atoms with Crippen LogP contribution in [-0.2, 0) is 0 Å². The van der Waals surface area contributed by atoms with Crippen molar-refractivity contribution in [1.29, 1.82) is 0 Å². The molecule has 87 valence electrons. The van der Waals surface area contributed by atoms with Gasteiger partial charge in [-0.05, 0) is 17.7 Å². The molecule has 2 aromatic carbocycles. The molecule has 0 unspecified atom stereocenters. The molecule has 0 spiro atoms. The third kappa shape index (κ3) is 2.23. The minimum Gasteiger partial charge on any atom is -0.493 e. The molecule has 0 amide bonds. The number of methoxy groups -OCH3 is 2. The van der Waals surface area contributed by atoms with E-state index in [1.165, 1.54) is 20.3 Å². The SMILES string of the molecule is COc1cc(F)c(-c2cc[c]cc2)cc1OC. The second kappa shape index (κ2) is 4.87. The van der Waals surface area contributed by atoms with E-state index in [0.29, 0.717) is 17.1 Å². The lowest BCUT2D eigenvalue weighted by Crippen LogP contribution is -1.93. The number of benzene rings is 2. The van der Waals surface area contributed by atoms with Gasteiger partial charge in [-0.15, -0.1) is 0 Å². The number of hydrogen-bond donors (Lipinski definition) is 0. The van der Waals surface area contributed by atoms with Gasteiger partial charge >= 0.3 is 0 Å². The highest BCUT2D eigenvalue weighted by molar-refractivity contribution is 5.67. The van der Waals surface area contributed by atoms with Gasteiger partial charge < -0.3 is 9.47 Å². The maximum absolute atomic E-state index is 13.9. The lowest BCUT2D eigenvalue weighted by Gasteiger charge is -2.10. The maximum atomic E-state index is 13.9. The molecule has 1 radical (unpaired) electrons. The van der Waals surface area contributed by atoms with Gasteiger partial charge in [0.1, 0.15) is 5.82 Å². The summed E-state index contributed by atoms with van der Waals surface area (Å²) in [6.07, 6.45) is 0. The molecule has 0 saturated carbocycles. The zero-order valence-electron chi connectivity index (χ0n) is 9.66. The average molecular weight is 231 g/mol. The molecule has 2 aromatic rings. The molecule has 0 atom stereocenters. The van der Waals surface area contributed by atoms with Crippen molar-refractivity contribution in [2.45, 2.75) is 0 Å². The van der Waals surface area contributed by atoms with E-state index in [1.54, 1.807) is 30.3 Å². The second-order valence-electron chi connectivity index (χ2n) is 3.48. The zero-order valence-corrected chi connectivity index (χ0v) is 9.66. The smallest absolute Gasteiger partial charge is 0.163 e. The topological polar surface area (TPSA) is 18.5 Å². The molecule has 2 nitrogen and oxygen atoms in total. The molecule has 0 heterocycles. The van der Waals surface area contributed by atoms with Crippen LogP contribution < -0.4 is 9.47 Å². The van der Waals surface area contributed by atoms with Crippen LogP contribution in [0.25, 0.3) is 11.1 Å². The number of hydrogen-bond acceptors (Lipinski definition) is 2. The third-order valence-corrected chi connectivity index (χ3v) is 2.50. The Labute approximate surface area is 99.6 Å². The summed E-state index contributed by atoms with van der Waals surface area (Å²) in [5.41, 5.74) is 1.26. The molecule has 3 heteroatoms. The molecular formula is C14H12FO2. The Morgan fingerprint density at radius 2 is 1.59 bits per heavy atom. The van der Waals surface area contributed by atoms with Crippen molar-refractivity contribution in [3.63, 3.8) is 0 Å². The van der Waals surface area contributed by atoms with Gasteiger partial charge in [0.05, 0.1) is 14.2 Å². The Kier molecular flexibility index (Phi) is 3.28. The molecule has 0 saturated heterocycles. The van der Waals surface area contributed by atoms with Crippen molar-refractivity contribution in [2.75, 3.05) is 14.2 Å². The summed E-state index contributed by atoms with van der Waals surface area (Å²) in [7, 11) is 3.01. The minimum absolute atomic E-state index is 0.339. The summed E-state index contributed by atoms with van der Waals surface area (Å²) in [5.74, 6) is 0.557. The molecule has 17 heavy (non-hydrogen) atoms. The molecule has 0 aliphatic rings. The quantitative estimate of drug-likeness (QED) is 0.806. The largest absolute Gasteiger partial charge is 0.493 e. The van der Waals surface area contributed by atoms with Crippen molar-refractivity contribution in [3.05, 3.63) is 48.3 Å². The number of rotatable bonds is 3. The first-order valence-electron chi connectivity index (χ1n) is 5.14. The fraction of sp³-hybridized carbons (Fsp3) is 0.143. The molecule has 0 aliphatic heterocycles. The standard InChI is InChI=1S/C14H12FO2/c1-16-13-8-11(10-6-4-3-5-7-10)12(15)9-14(13)17-2/h4-9H,1-2H3. The van der Waals surface area contributed by atoms with Crippen molar-refractivity contribution in [3.8, 4) is 22.6 Å². The fourth-order valence-corrected chi connectivity index (χ4v) is 1.64. The number of ether oxygens (including phenoxy) is 2. The molecule has 0 N–H and O–H groups in total. The van der Waals surface area contributed by atoms with E-state index in [9.17, 15) is 4.39 Å². The van der Waals surface area contributed by atoms with Crippen LogP contribution in [0.3, 0.4) is 0 Å². The maximum Gasteiger partial charge on any atom is 0.163 e. The highest BCUT2D eigenvalue weighted by Gasteiger charge is 2.12. The van der Waals surface area contributed by atoms with Gasteiger partial charge in [0.15, 0.2) is 11.5 Å².